The number of thiazole rings is 1. The van der Waals surface area contributed by atoms with Crippen LogP contribution in [0, 0.1) is 13.8 Å². The number of carbonyl (C=O) groups is 1. The second-order valence-corrected chi connectivity index (χ2v) is 5.49. The van der Waals surface area contributed by atoms with Crippen molar-refractivity contribution in [3.8, 4) is 0 Å². The third-order valence-corrected chi connectivity index (χ3v) is 3.66. The Morgan fingerprint density at radius 2 is 2.21 bits per heavy atom. The fraction of sp³-hybridized carbons (Fsp3) is 0.154. The molecule has 96 valence electrons. The van der Waals surface area contributed by atoms with E-state index in [1.54, 1.807) is 23.7 Å². The zero-order chi connectivity index (χ0) is 13.4. The van der Waals surface area contributed by atoms with Crippen molar-refractivity contribution >= 4 is 28.0 Å². The number of rotatable bonds is 2. The molecule has 3 rings (SSSR count). The Hall–Kier alpha value is -2.21. The molecule has 0 aromatic carbocycles. The van der Waals surface area contributed by atoms with Crippen molar-refractivity contribution in [2.45, 2.75) is 13.8 Å². The first-order chi connectivity index (χ1) is 9.13. The van der Waals surface area contributed by atoms with E-state index in [0.717, 1.165) is 15.4 Å². The number of anilines is 1. The first kappa shape index (κ1) is 11.9. The highest BCUT2D eigenvalue weighted by Gasteiger charge is 2.13. The van der Waals surface area contributed by atoms with Gasteiger partial charge in [0.05, 0.1) is 0 Å². The lowest BCUT2D eigenvalue weighted by Gasteiger charge is -2.04. The van der Waals surface area contributed by atoms with Crippen molar-refractivity contribution in [2.75, 3.05) is 5.32 Å². The molecule has 1 amide bonds. The molecule has 0 unspecified atom stereocenters. The molecule has 0 aliphatic carbocycles. The number of aromatic nitrogens is 3. The van der Waals surface area contributed by atoms with Crippen LogP contribution in [-0.2, 0) is 0 Å². The Kier molecular flexibility index (Phi) is 2.79. The molecule has 6 heteroatoms. The standard InChI is InChI=1S/C13H12N4OS/c1-8-4-3-5-14-11(8)16-12(18)10-7-17-6-9(2)19-13(17)15-10/h3-7H,1-2H3,(H,14,16,18). The molecule has 0 saturated heterocycles. The molecule has 3 heterocycles. The van der Waals surface area contributed by atoms with Crippen LogP contribution in [0.2, 0.25) is 0 Å². The average Bonchev–Trinajstić information content (AvgIpc) is 2.89. The minimum absolute atomic E-state index is 0.240. The summed E-state index contributed by atoms with van der Waals surface area (Å²) in [5, 5.41) is 2.77. The van der Waals surface area contributed by atoms with Crippen LogP contribution in [0.1, 0.15) is 20.9 Å². The van der Waals surface area contributed by atoms with Gasteiger partial charge in [-0.3, -0.25) is 9.20 Å². The third kappa shape index (κ3) is 2.22. The van der Waals surface area contributed by atoms with Crippen molar-refractivity contribution in [3.05, 3.63) is 46.9 Å². The van der Waals surface area contributed by atoms with Gasteiger partial charge in [0.2, 0.25) is 0 Å². The van der Waals surface area contributed by atoms with Crippen molar-refractivity contribution in [3.63, 3.8) is 0 Å². The molecule has 19 heavy (non-hydrogen) atoms. The minimum atomic E-state index is -0.240. The molecule has 0 saturated carbocycles. The van der Waals surface area contributed by atoms with E-state index in [1.807, 2.05) is 36.6 Å². The largest absolute Gasteiger partial charge is 0.305 e. The van der Waals surface area contributed by atoms with Crippen LogP contribution in [0.4, 0.5) is 5.82 Å². The Balaban J connectivity index is 1.87. The van der Waals surface area contributed by atoms with Crippen LogP contribution < -0.4 is 5.32 Å². The maximum absolute atomic E-state index is 12.1. The number of fused-ring (bicyclic) bond motifs is 1. The van der Waals surface area contributed by atoms with Gasteiger partial charge in [-0.1, -0.05) is 6.07 Å². The maximum Gasteiger partial charge on any atom is 0.277 e. The van der Waals surface area contributed by atoms with Gasteiger partial charge in [0.1, 0.15) is 11.5 Å². The number of amides is 1. The monoisotopic (exact) mass is 272 g/mol. The van der Waals surface area contributed by atoms with Gasteiger partial charge >= 0.3 is 0 Å². The highest BCUT2D eigenvalue weighted by Crippen LogP contribution is 2.17. The Morgan fingerprint density at radius 1 is 1.37 bits per heavy atom. The second kappa shape index (κ2) is 4.47. The lowest BCUT2D eigenvalue weighted by Crippen LogP contribution is -2.14. The molecule has 0 bridgehead atoms. The van der Waals surface area contributed by atoms with Crippen LogP contribution in [0.15, 0.2) is 30.7 Å². The van der Waals surface area contributed by atoms with E-state index in [0.29, 0.717) is 11.5 Å². The number of imidazole rings is 1. The Labute approximate surface area is 113 Å². The van der Waals surface area contributed by atoms with Gasteiger partial charge in [-0.2, -0.15) is 0 Å². The minimum Gasteiger partial charge on any atom is -0.305 e. The van der Waals surface area contributed by atoms with Gasteiger partial charge in [-0.15, -0.1) is 11.3 Å². The number of nitrogens with one attached hydrogen (secondary N) is 1. The number of hydrogen-bond acceptors (Lipinski definition) is 4. The molecule has 0 spiro atoms. The van der Waals surface area contributed by atoms with Gasteiger partial charge in [0.15, 0.2) is 4.96 Å². The number of nitrogens with zero attached hydrogens (tertiary/aromatic N) is 3. The summed E-state index contributed by atoms with van der Waals surface area (Å²) < 4.78 is 1.86. The zero-order valence-corrected chi connectivity index (χ0v) is 11.4. The first-order valence-electron chi connectivity index (χ1n) is 5.81. The van der Waals surface area contributed by atoms with Crippen molar-refractivity contribution in [2.24, 2.45) is 0 Å². The molecule has 0 radical (unpaired) electrons. The van der Waals surface area contributed by atoms with Gasteiger partial charge in [-0.25, -0.2) is 9.97 Å². The van der Waals surface area contributed by atoms with Crippen LogP contribution in [0.5, 0.6) is 0 Å². The van der Waals surface area contributed by atoms with E-state index < -0.39 is 0 Å². The predicted molar refractivity (Wildman–Crippen MR) is 74.7 cm³/mol. The van der Waals surface area contributed by atoms with Crippen molar-refractivity contribution in [1.29, 1.82) is 0 Å². The maximum atomic E-state index is 12.1. The summed E-state index contributed by atoms with van der Waals surface area (Å²) in [6.07, 6.45) is 5.33. The molecule has 0 fully saturated rings. The van der Waals surface area contributed by atoms with Crippen LogP contribution in [0.3, 0.4) is 0 Å². The summed E-state index contributed by atoms with van der Waals surface area (Å²) in [6, 6.07) is 3.73. The summed E-state index contributed by atoms with van der Waals surface area (Å²) in [7, 11) is 0. The van der Waals surface area contributed by atoms with Gasteiger partial charge in [0.25, 0.3) is 5.91 Å². The number of pyridine rings is 1. The molecule has 0 aliphatic heterocycles. The zero-order valence-electron chi connectivity index (χ0n) is 10.5. The van der Waals surface area contributed by atoms with Gasteiger partial charge in [0, 0.05) is 23.5 Å². The van der Waals surface area contributed by atoms with Gasteiger partial charge < -0.3 is 5.32 Å². The molecule has 1 N–H and O–H groups in total. The van der Waals surface area contributed by atoms with Crippen molar-refractivity contribution in [1.82, 2.24) is 14.4 Å². The van der Waals surface area contributed by atoms with Crippen molar-refractivity contribution < 1.29 is 4.79 Å². The van der Waals surface area contributed by atoms with E-state index in [1.165, 1.54) is 0 Å². The summed E-state index contributed by atoms with van der Waals surface area (Å²) in [5.74, 6) is 0.329. The van der Waals surface area contributed by atoms with E-state index >= 15 is 0 Å². The smallest absolute Gasteiger partial charge is 0.277 e. The van der Waals surface area contributed by atoms with Crippen LogP contribution in [0.25, 0.3) is 4.96 Å². The third-order valence-electron chi connectivity index (χ3n) is 2.75. The van der Waals surface area contributed by atoms with Crippen LogP contribution in [-0.4, -0.2) is 20.3 Å². The predicted octanol–water partition coefficient (Wildman–Crippen LogP) is 2.66. The summed E-state index contributed by atoms with van der Waals surface area (Å²) in [4.78, 5) is 22.5. The fourth-order valence-electron chi connectivity index (χ4n) is 1.81. The Morgan fingerprint density at radius 3 is 2.95 bits per heavy atom. The lowest BCUT2D eigenvalue weighted by atomic mass is 10.3. The molecule has 3 aromatic rings. The SMILES string of the molecule is Cc1cn2cc(C(=O)Nc3ncccc3C)nc2s1. The van der Waals surface area contributed by atoms with Gasteiger partial charge in [-0.05, 0) is 25.5 Å². The molecule has 0 aliphatic rings. The summed E-state index contributed by atoms with van der Waals surface area (Å²) in [5.41, 5.74) is 1.32. The molecule has 0 atom stereocenters. The first-order valence-corrected chi connectivity index (χ1v) is 6.63. The van der Waals surface area contributed by atoms with Crippen LogP contribution >= 0.6 is 11.3 Å². The molecular weight excluding hydrogens is 260 g/mol. The lowest BCUT2D eigenvalue weighted by molar-refractivity contribution is 0.102. The summed E-state index contributed by atoms with van der Waals surface area (Å²) in [6.45, 7) is 3.91. The average molecular weight is 272 g/mol. The van der Waals surface area contributed by atoms with E-state index in [2.05, 4.69) is 15.3 Å². The Bertz CT molecular complexity index is 727. The molecule has 3 aromatic heterocycles. The number of carbonyl (C=O) groups excluding carboxylic acids is 1. The number of aryl methyl sites for hydroxylation is 2. The molecular formula is C13H12N4OS. The highest BCUT2D eigenvalue weighted by atomic mass is 32.1. The summed E-state index contributed by atoms with van der Waals surface area (Å²) >= 11 is 1.56. The highest BCUT2D eigenvalue weighted by molar-refractivity contribution is 7.17. The normalized spacial score (nSPS) is 10.8. The quantitative estimate of drug-likeness (QED) is 0.780. The second-order valence-electron chi connectivity index (χ2n) is 4.28. The topological polar surface area (TPSA) is 59.3 Å². The number of hydrogen-bond donors (Lipinski definition) is 1. The fourth-order valence-corrected chi connectivity index (χ4v) is 2.62. The molecule has 5 nitrogen and oxygen atoms in total. The van der Waals surface area contributed by atoms with E-state index in [-0.39, 0.29) is 5.91 Å². The van der Waals surface area contributed by atoms with E-state index in [9.17, 15) is 4.79 Å². The van der Waals surface area contributed by atoms with E-state index in [4.69, 9.17) is 0 Å².